The molecule has 0 aliphatic heterocycles. The first-order chi connectivity index (χ1) is 14.1. The molecule has 2 aromatic carbocycles. The van der Waals surface area contributed by atoms with Crippen molar-refractivity contribution in [2.24, 2.45) is 5.16 Å². The molecule has 162 valence electrons. The molecule has 0 N–H and O–H groups in total. The van der Waals surface area contributed by atoms with Gasteiger partial charge in [0.15, 0.2) is 0 Å². The predicted octanol–water partition coefficient (Wildman–Crippen LogP) is 6.72. The summed E-state index contributed by atoms with van der Waals surface area (Å²) in [7, 11) is 2.00. The van der Waals surface area contributed by atoms with Gasteiger partial charge in [0, 0.05) is 18.4 Å². The van der Waals surface area contributed by atoms with Gasteiger partial charge in [0.05, 0.1) is 5.71 Å². The second kappa shape index (κ2) is 11.1. The number of ether oxygens (including phenoxy) is 2. The molecule has 0 radical (unpaired) electrons. The van der Waals surface area contributed by atoms with Gasteiger partial charge in [-0.3, -0.25) is 0 Å². The van der Waals surface area contributed by atoms with Gasteiger partial charge < -0.3 is 19.2 Å². The number of halogens is 2. The topological polar surface area (TPSA) is 43.3 Å². The van der Waals surface area contributed by atoms with Crippen LogP contribution in [0.5, 0.6) is 11.5 Å². The summed E-state index contributed by atoms with van der Waals surface area (Å²) >= 11 is 11.1. The fraction of sp³-hybridized carbons (Fsp3) is 0.348. The third-order valence-corrected chi connectivity index (χ3v) is 4.17. The molecule has 0 bridgehead atoms. The lowest BCUT2D eigenvalue weighted by Gasteiger charge is -2.20. The van der Waals surface area contributed by atoms with Crippen LogP contribution in [0, 0.1) is 0 Å². The molecule has 0 aromatic heterocycles. The number of hydrogen-bond acceptors (Lipinski definition) is 5. The molecule has 0 aliphatic carbocycles. The number of anilines is 2. The third-order valence-electron chi connectivity index (χ3n) is 3.86. The summed E-state index contributed by atoms with van der Waals surface area (Å²) in [6, 6.07) is 15.7. The molecule has 2 rings (SSSR count). The average molecular weight is 451 g/mol. The van der Waals surface area contributed by atoms with Gasteiger partial charge >= 0.3 is 0 Å². The van der Waals surface area contributed by atoms with Gasteiger partial charge in [-0.2, -0.15) is 0 Å². The molecule has 0 unspecified atom stereocenters. The van der Waals surface area contributed by atoms with Crippen molar-refractivity contribution in [2.45, 2.75) is 33.3 Å². The standard InChI is InChI=1S/C23H28Cl2N2O3/c1-17(26-30-23(2,3)4)16-29-21-12-8-19(9-13-21)27(5)18-6-10-20(11-7-18)28-15-14-22(24)25/h6-14H,15-16H2,1-5H3. The lowest BCUT2D eigenvalue weighted by atomic mass is 10.2. The van der Waals surface area contributed by atoms with Crippen molar-refractivity contribution >= 4 is 40.3 Å². The van der Waals surface area contributed by atoms with Crippen LogP contribution in [0.2, 0.25) is 0 Å². The van der Waals surface area contributed by atoms with Crippen LogP contribution in [0.25, 0.3) is 0 Å². The minimum Gasteiger partial charge on any atom is -0.489 e. The molecule has 0 fully saturated rings. The molecule has 0 atom stereocenters. The van der Waals surface area contributed by atoms with E-state index in [2.05, 4.69) is 10.1 Å². The Hall–Kier alpha value is -2.37. The Morgan fingerprint density at radius 2 is 1.43 bits per heavy atom. The summed E-state index contributed by atoms with van der Waals surface area (Å²) in [4.78, 5) is 7.47. The molecule has 7 heteroatoms. The summed E-state index contributed by atoms with van der Waals surface area (Å²) in [5, 5.41) is 4.09. The highest BCUT2D eigenvalue weighted by molar-refractivity contribution is 6.55. The highest BCUT2D eigenvalue weighted by Crippen LogP contribution is 2.27. The van der Waals surface area contributed by atoms with Crippen LogP contribution >= 0.6 is 23.2 Å². The fourth-order valence-electron chi connectivity index (χ4n) is 2.31. The van der Waals surface area contributed by atoms with E-state index in [1.807, 2.05) is 83.3 Å². The molecule has 0 aliphatic rings. The maximum Gasteiger partial charge on any atom is 0.129 e. The molecular weight excluding hydrogens is 423 g/mol. The van der Waals surface area contributed by atoms with Crippen LogP contribution in [0.3, 0.4) is 0 Å². The van der Waals surface area contributed by atoms with Crippen LogP contribution < -0.4 is 14.4 Å². The number of nitrogens with zero attached hydrogens (tertiary/aromatic N) is 2. The maximum atomic E-state index is 5.77. The van der Waals surface area contributed by atoms with Crippen molar-refractivity contribution in [3.05, 3.63) is 59.1 Å². The van der Waals surface area contributed by atoms with Crippen molar-refractivity contribution in [1.29, 1.82) is 0 Å². The van der Waals surface area contributed by atoms with Crippen LogP contribution in [-0.2, 0) is 4.84 Å². The minimum absolute atomic E-state index is 0.194. The molecule has 2 aromatic rings. The fourth-order valence-corrected chi connectivity index (χ4v) is 2.44. The smallest absolute Gasteiger partial charge is 0.129 e. The van der Waals surface area contributed by atoms with Crippen LogP contribution in [0.15, 0.2) is 64.3 Å². The van der Waals surface area contributed by atoms with Crippen molar-refractivity contribution in [1.82, 2.24) is 0 Å². The van der Waals surface area contributed by atoms with E-state index in [1.54, 1.807) is 6.08 Å². The van der Waals surface area contributed by atoms with Crippen molar-refractivity contribution < 1.29 is 14.3 Å². The lowest BCUT2D eigenvalue weighted by molar-refractivity contribution is 0.0000986. The monoisotopic (exact) mass is 450 g/mol. The number of benzene rings is 2. The molecule has 30 heavy (non-hydrogen) atoms. The van der Waals surface area contributed by atoms with Crippen LogP contribution in [-0.4, -0.2) is 31.6 Å². The first-order valence-electron chi connectivity index (χ1n) is 9.56. The zero-order valence-electron chi connectivity index (χ0n) is 18.0. The Labute approximate surface area is 188 Å². The van der Waals surface area contributed by atoms with E-state index in [0.717, 1.165) is 28.6 Å². The molecule has 0 saturated carbocycles. The Bertz CT molecular complexity index is 854. The van der Waals surface area contributed by atoms with E-state index in [0.29, 0.717) is 13.2 Å². The van der Waals surface area contributed by atoms with Gasteiger partial charge in [-0.05, 0) is 82.3 Å². The molecular formula is C23H28Cl2N2O3. The summed E-state index contributed by atoms with van der Waals surface area (Å²) in [5.74, 6) is 1.52. The zero-order chi connectivity index (χ0) is 22.1. The van der Waals surface area contributed by atoms with E-state index < -0.39 is 0 Å². The SMILES string of the molecule is CC(COc1ccc(N(C)c2ccc(OCC=C(Cl)Cl)cc2)cc1)=NOC(C)(C)C. The first-order valence-corrected chi connectivity index (χ1v) is 10.3. The Balaban J connectivity index is 1.91. The van der Waals surface area contributed by atoms with Gasteiger partial charge in [0.1, 0.15) is 34.8 Å². The maximum absolute atomic E-state index is 5.77. The van der Waals surface area contributed by atoms with E-state index in [4.69, 9.17) is 37.5 Å². The Morgan fingerprint density at radius 3 is 1.90 bits per heavy atom. The highest BCUT2D eigenvalue weighted by atomic mass is 35.5. The molecule has 0 amide bonds. The summed E-state index contributed by atoms with van der Waals surface area (Å²) < 4.78 is 11.5. The largest absolute Gasteiger partial charge is 0.489 e. The lowest BCUT2D eigenvalue weighted by Crippen LogP contribution is -2.18. The highest BCUT2D eigenvalue weighted by Gasteiger charge is 2.10. The summed E-state index contributed by atoms with van der Waals surface area (Å²) in [6.07, 6.45) is 1.59. The Morgan fingerprint density at radius 1 is 0.933 bits per heavy atom. The van der Waals surface area contributed by atoms with Crippen molar-refractivity contribution in [3.8, 4) is 11.5 Å². The third kappa shape index (κ3) is 8.56. The normalized spacial score (nSPS) is 11.6. The number of rotatable bonds is 9. The van der Waals surface area contributed by atoms with Gasteiger partial charge in [-0.15, -0.1) is 0 Å². The van der Waals surface area contributed by atoms with Gasteiger partial charge in [-0.25, -0.2) is 0 Å². The van der Waals surface area contributed by atoms with Gasteiger partial charge in [-0.1, -0.05) is 28.4 Å². The van der Waals surface area contributed by atoms with E-state index in [-0.39, 0.29) is 10.1 Å². The number of hydrogen-bond donors (Lipinski definition) is 0. The van der Waals surface area contributed by atoms with Crippen molar-refractivity contribution in [2.75, 3.05) is 25.2 Å². The summed E-state index contributed by atoms with van der Waals surface area (Å²) in [6.45, 7) is 8.43. The second-order valence-corrected chi connectivity index (χ2v) is 8.68. The molecule has 0 saturated heterocycles. The van der Waals surface area contributed by atoms with E-state index in [9.17, 15) is 0 Å². The van der Waals surface area contributed by atoms with Crippen molar-refractivity contribution in [3.63, 3.8) is 0 Å². The van der Waals surface area contributed by atoms with E-state index in [1.165, 1.54) is 0 Å². The molecule has 5 nitrogen and oxygen atoms in total. The molecule has 0 spiro atoms. The zero-order valence-corrected chi connectivity index (χ0v) is 19.5. The van der Waals surface area contributed by atoms with Crippen LogP contribution in [0.1, 0.15) is 27.7 Å². The molecule has 0 heterocycles. The minimum atomic E-state index is -0.313. The van der Waals surface area contributed by atoms with Crippen LogP contribution in [0.4, 0.5) is 11.4 Å². The number of oxime groups is 1. The van der Waals surface area contributed by atoms with E-state index >= 15 is 0 Å². The van der Waals surface area contributed by atoms with Gasteiger partial charge in [0.25, 0.3) is 0 Å². The second-order valence-electron chi connectivity index (χ2n) is 7.67. The quantitative estimate of drug-likeness (QED) is 0.314. The summed E-state index contributed by atoms with van der Waals surface area (Å²) in [5.41, 5.74) is 2.53. The Kier molecular flexibility index (Phi) is 8.88. The first kappa shape index (κ1) is 23.9. The predicted molar refractivity (Wildman–Crippen MR) is 126 cm³/mol. The van der Waals surface area contributed by atoms with Gasteiger partial charge in [0.2, 0.25) is 0 Å². The average Bonchev–Trinajstić information content (AvgIpc) is 2.70.